The maximum Gasteiger partial charge on any atom is 0.143 e. The van der Waals surface area contributed by atoms with Gasteiger partial charge in [-0.2, -0.15) is 0 Å². The van der Waals surface area contributed by atoms with Crippen molar-refractivity contribution in [3.05, 3.63) is 22.7 Å². The highest BCUT2D eigenvalue weighted by Crippen LogP contribution is 2.31. The first-order chi connectivity index (χ1) is 8.70. The largest absolute Gasteiger partial charge is 0.495 e. The van der Waals surface area contributed by atoms with Crippen LogP contribution in [0.5, 0.6) is 5.75 Å². The van der Waals surface area contributed by atoms with Gasteiger partial charge < -0.3 is 14.8 Å². The van der Waals surface area contributed by atoms with Crippen molar-refractivity contribution in [1.29, 1.82) is 0 Å². The van der Waals surface area contributed by atoms with Crippen LogP contribution in [0, 0.1) is 12.8 Å². The number of ether oxygens (including phenoxy) is 2. The van der Waals surface area contributed by atoms with E-state index in [0.717, 1.165) is 48.2 Å². The van der Waals surface area contributed by atoms with Crippen molar-refractivity contribution in [3.8, 4) is 5.75 Å². The molecule has 3 nitrogen and oxygen atoms in total. The monoisotopic (exact) mass is 269 g/mol. The van der Waals surface area contributed by atoms with E-state index in [4.69, 9.17) is 21.1 Å². The lowest BCUT2D eigenvalue weighted by atomic mass is 10.0. The van der Waals surface area contributed by atoms with E-state index in [1.165, 1.54) is 6.42 Å². The number of aryl methyl sites for hydroxylation is 1. The van der Waals surface area contributed by atoms with Gasteiger partial charge in [0.05, 0.1) is 19.4 Å². The van der Waals surface area contributed by atoms with E-state index in [0.29, 0.717) is 5.92 Å². The van der Waals surface area contributed by atoms with Gasteiger partial charge in [0.25, 0.3) is 0 Å². The third-order valence-electron chi connectivity index (χ3n) is 3.32. The normalized spacial score (nSPS) is 19.6. The molecule has 1 unspecified atom stereocenters. The Morgan fingerprint density at radius 1 is 1.50 bits per heavy atom. The third kappa shape index (κ3) is 3.30. The second-order valence-electron chi connectivity index (χ2n) is 4.77. The molecule has 1 aliphatic rings. The number of benzene rings is 1. The summed E-state index contributed by atoms with van der Waals surface area (Å²) >= 11 is 6.09. The van der Waals surface area contributed by atoms with Crippen molar-refractivity contribution in [3.63, 3.8) is 0 Å². The summed E-state index contributed by atoms with van der Waals surface area (Å²) in [6.07, 6.45) is 2.38. The molecule has 1 aliphatic heterocycles. The van der Waals surface area contributed by atoms with Crippen molar-refractivity contribution in [1.82, 2.24) is 0 Å². The third-order valence-corrected chi connectivity index (χ3v) is 3.72. The quantitative estimate of drug-likeness (QED) is 0.908. The van der Waals surface area contributed by atoms with Gasteiger partial charge in [0.15, 0.2) is 0 Å². The SMILES string of the molecule is COc1cc(Cl)c(C)cc1NCC1CCCOC1. The molecule has 0 spiro atoms. The minimum absolute atomic E-state index is 0.583. The first-order valence-corrected chi connectivity index (χ1v) is 6.74. The standard InChI is InChI=1S/C14H20ClNO2/c1-10-6-13(14(17-2)7-12(10)15)16-8-11-4-3-5-18-9-11/h6-7,11,16H,3-5,8-9H2,1-2H3. The molecule has 18 heavy (non-hydrogen) atoms. The molecule has 0 saturated carbocycles. The zero-order valence-corrected chi connectivity index (χ0v) is 11.7. The lowest BCUT2D eigenvalue weighted by Gasteiger charge is -2.23. The van der Waals surface area contributed by atoms with Crippen LogP contribution >= 0.6 is 11.6 Å². The topological polar surface area (TPSA) is 30.5 Å². The summed E-state index contributed by atoms with van der Waals surface area (Å²) in [7, 11) is 1.66. The number of anilines is 1. The van der Waals surface area contributed by atoms with Crippen molar-refractivity contribution < 1.29 is 9.47 Å². The summed E-state index contributed by atoms with van der Waals surface area (Å²) in [6.45, 7) is 4.66. The van der Waals surface area contributed by atoms with E-state index in [-0.39, 0.29) is 0 Å². The maximum atomic E-state index is 6.09. The van der Waals surface area contributed by atoms with Gasteiger partial charge in [0.1, 0.15) is 5.75 Å². The minimum atomic E-state index is 0.583. The molecule has 1 atom stereocenters. The van der Waals surface area contributed by atoms with Gasteiger partial charge in [0.2, 0.25) is 0 Å². The Morgan fingerprint density at radius 3 is 3.00 bits per heavy atom. The first kappa shape index (κ1) is 13.5. The van der Waals surface area contributed by atoms with Crippen LogP contribution < -0.4 is 10.1 Å². The summed E-state index contributed by atoms with van der Waals surface area (Å²) in [5.74, 6) is 1.38. The predicted octanol–water partition coefficient (Wildman–Crippen LogP) is 3.50. The zero-order valence-electron chi connectivity index (χ0n) is 11.0. The van der Waals surface area contributed by atoms with E-state index >= 15 is 0 Å². The molecule has 1 N–H and O–H groups in total. The zero-order chi connectivity index (χ0) is 13.0. The molecule has 4 heteroatoms. The minimum Gasteiger partial charge on any atom is -0.495 e. The van der Waals surface area contributed by atoms with Crippen LogP contribution in [0.15, 0.2) is 12.1 Å². The van der Waals surface area contributed by atoms with Crippen LogP contribution in [0.3, 0.4) is 0 Å². The number of hydrogen-bond donors (Lipinski definition) is 1. The van der Waals surface area contributed by atoms with E-state index in [1.54, 1.807) is 7.11 Å². The molecule has 1 heterocycles. The summed E-state index contributed by atoms with van der Waals surface area (Å²) in [5, 5.41) is 4.17. The van der Waals surface area contributed by atoms with E-state index < -0.39 is 0 Å². The Hall–Kier alpha value is -0.930. The van der Waals surface area contributed by atoms with Crippen molar-refractivity contribution >= 4 is 17.3 Å². The van der Waals surface area contributed by atoms with Crippen LogP contribution in [0.2, 0.25) is 5.02 Å². The van der Waals surface area contributed by atoms with E-state index in [2.05, 4.69) is 5.32 Å². The Morgan fingerprint density at radius 2 is 2.33 bits per heavy atom. The molecule has 100 valence electrons. The molecule has 1 saturated heterocycles. The van der Waals surface area contributed by atoms with Crippen molar-refractivity contribution in [2.45, 2.75) is 19.8 Å². The Labute approximate surface area is 113 Å². The van der Waals surface area contributed by atoms with Crippen LogP contribution in [0.25, 0.3) is 0 Å². The fourth-order valence-electron chi connectivity index (χ4n) is 2.19. The van der Waals surface area contributed by atoms with Gasteiger partial charge in [-0.25, -0.2) is 0 Å². The molecular formula is C14H20ClNO2. The second kappa shape index (κ2) is 6.30. The van der Waals surface area contributed by atoms with Crippen molar-refractivity contribution in [2.24, 2.45) is 5.92 Å². The Kier molecular flexibility index (Phi) is 4.72. The molecule has 0 amide bonds. The Bertz CT molecular complexity index is 403. The average molecular weight is 270 g/mol. The number of methoxy groups -OCH3 is 1. The number of nitrogens with one attached hydrogen (secondary N) is 1. The molecule has 1 fully saturated rings. The molecule has 0 aromatic heterocycles. The molecule has 2 rings (SSSR count). The lowest BCUT2D eigenvalue weighted by Crippen LogP contribution is -2.24. The van der Waals surface area contributed by atoms with Gasteiger partial charge in [-0.3, -0.25) is 0 Å². The van der Waals surface area contributed by atoms with Gasteiger partial charge in [-0.05, 0) is 37.3 Å². The average Bonchev–Trinajstić information content (AvgIpc) is 2.41. The highest BCUT2D eigenvalue weighted by atomic mass is 35.5. The van der Waals surface area contributed by atoms with E-state index in [9.17, 15) is 0 Å². The molecule has 0 radical (unpaired) electrons. The van der Waals surface area contributed by atoms with Crippen molar-refractivity contribution in [2.75, 3.05) is 32.2 Å². The number of hydrogen-bond acceptors (Lipinski definition) is 3. The molecule has 1 aromatic carbocycles. The fraction of sp³-hybridized carbons (Fsp3) is 0.571. The van der Waals surface area contributed by atoms with Gasteiger partial charge >= 0.3 is 0 Å². The second-order valence-corrected chi connectivity index (χ2v) is 5.17. The molecule has 0 bridgehead atoms. The fourth-order valence-corrected chi connectivity index (χ4v) is 2.35. The predicted molar refractivity (Wildman–Crippen MR) is 74.8 cm³/mol. The van der Waals surface area contributed by atoms with Gasteiger partial charge in [0, 0.05) is 24.2 Å². The van der Waals surface area contributed by atoms with Gasteiger partial charge in [-0.15, -0.1) is 0 Å². The number of rotatable bonds is 4. The summed E-state index contributed by atoms with van der Waals surface area (Å²) in [6, 6.07) is 3.89. The molecular weight excluding hydrogens is 250 g/mol. The Balaban J connectivity index is 2.01. The summed E-state index contributed by atoms with van der Waals surface area (Å²) < 4.78 is 10.8. The summed E-state index contributed by atoms with van der Waals surface area (Å²) in [5.41, 5.74) is 2.06. The maximum absolute atomic E-state index is 6.09. The van der Waals surface area contributed by atoms with E-state index in [1.807, 2.05) is 19.1 Å². The molecule has 1 aromatic rings. The van der Waals surface area contributed by atoms with Crippen LogP contribution in [0.1, 0.15) is 18.4 Å². The highest BCUT2D eigenvalue weighted by molar-refractivity contribution is 6.31. The molecule has 0 aliphatic carbocycles. The first-order valence-electron chi connectivity index (χ1n) is 6.36. The van der Waals surface area contributed by atoms with Gasteiger partial charge in [-0.1, -0.05) is 11.6 Å². The summed E-state index contributed by atoms with van der Waals surface area (Å²) in [4.78, 5) is 0. The van der Waals surface area contributed by atoms with Crippen LogP contribution in [-0.4, -0.2) is 26.9 Å². The number of halogens is 1. The van der Waals surface area contributed by atoms with Crippen LogP contribution in [0.4, 0.5) is 5.69 Å². The van der Waals surface area contributed by atoms with Crippen LogP contribution in [-0.2, 0) is 4.74 Å². The highest BCUT2D eigenvalue weighted by Gasteiger charge is 2.14. The smallest absolute Gasteiger partial charge is 0.143 e. The lowest BCUT2D eigenvalue weighted by molar-refractivity contribution is 0.0595.